The van der Waals surface area contributed by atoms with E-state index in [0.717, 1.165) is 60.8 Å². The number of hydrogen-bond acceptors (Lipinski definition) is 8. The lowest BCUT2D eigenvalue weighted by atomic mass is 9.85. The third-order valence-corrected chi connectivity index (χ3v) is 14.6. The third-order valence-electron chi connectivity index (χ3n) is 14.1. The molecule has 4 amide bonds. The lowest BCUT2D eigenvalue weighted by Gasteiger charge is -2.43. The van der Waals surface area contributed by atoms with Gasteiger partial charge in [-0.1, -0.05) is 85.6 Å². The molecule has 0 bridgehead atoms. The fourth-order valence-corrected chi connectivity index (χ4v) is 11.7. The minimum atomic E-state index is -0.658. The van der Waals surface area contributed by atoms with E-state index >= 15 is 0 Å². The maximum atomic E-state index is 13.9. The molecule has 4 N–H and O–H groups in total. The monoisotopic (exact) mass is 826 g/mol. The Balaban J connectivity index is 0.843. The van der Waals surface area contributed by atoms with E-state index in [-0.39, 0.29) is 46.8 Å². The molecular formula is C42H44Cl2N8O6. The highest BCUT2D eigenvalue weighted by molar-refractivity contribution is 6.32. The molecule has 2 aromatic heterocycles. The van der Waals surface area contributed by atoms with Crippen LogP contribution in [0.15, 0.2) is 48.5 Å². The van der Waals surface area contributed by atoms with Crippen LogP contribution in [0.3, 0.4) is 0 Å². The smallest absolute Gasteiger partial charge is 0.407 e. The molecule has 2 aromatic carbocycles. The molecule has 58 heavy (non-hydrogen) atoms. The fraction of sp³-hybridized carbons (Fsp3) is 0.476. The van der Waals surface area contributed by atoms with E-state index in [2.05, 4.69) is 20.6 Å². The van der Waals surface area contributed by atoms with Gasteiger partial charge < -0.3 is 39.9 Å². The molecule has 4 aliphatic heterocycles. The number of benzene rings is 2. The highest BCUT2D eigenvalue weighted by Crippen LogP contribution is 2.67. The molecule has 14 nitrogen and oxygen atoms in total. The first-order valence-corrected chi connectivity index (χ1v) is 20.7. The maximum absolute atomic E-state index is 13.9. The number of rotatable bonds is 7. The molecule has 6 fully saturated rings. The van der Waals surface area contributed by atoms with E-state index in [9.17, 15) is 19.2 Å². The second kappa shape index (κ2) is 13.2. The lowest BCUT2D eigenvalue weighted by molar-refractivity contribution is -0.145. The molecule has 0 radical (unpaired) electrons. The SMILES string of the molecule is COC(=O)N[C@@H]1C(=O)N2[C@H](c3nc(Cl)c(-c4ccc(-c5ccc(-c6[nH]c([C@@H]7C[C@H]8C[C@]89CC(C)[C@H](NC(=O)OC)C(=O)N79)nc6Cl)cc5)cc4)[nH]3)C[C@H]3C[C@]32CC1C. The first-order valence-electron chi connectivity index (χ1n) is 19.9. The molecular weight excluding hydrogens is 783 g/mol. The van der Waals surface area contributed by atoms with E-state index in [1.165, 1.54) is 14.2 Å². The lowest BCUT2D eigenvalue weighted by Crippen LogP contribution is -2.60. The Kier molecular flexibility index (Phi) is 8.48. The fourth-order valence-electron chi connectivity index (χ4n) is 11.2. The standard InChI is InChI=1S/C42H44Cl2N8O6/c1-19-15-41-17-25(41)13-27(51(41)37(53)29(19)47-39(55)57-3)35-45-31(33(43)49-35)23-9-5-21(6-10-23)22-7-11-24(12-8-22)32-34(44)50-36(46-32)28-14-26-18-42(26)16-20(2)30(38(54)52(28)42)48-40(56)58-4/h5-12,19-20,25-30H,13-18H2,1-4H3,(H,45,49)(H,46,50)(H,47,55)(H,48,56)/t19?,20?,25-,26-,27-,28-,29-,30-,41+,42+/m0/s1. The zero-order valence-corrected chi connectivity index (χ0v) is 34.0. The van der Waals surface area contributed by atoms with Crippen molar-refractivity contribution < 1.29 is 28.7 Å². The Labute approximate surface area is 344 Å². The Bertz CT molecular complexity index is 2200. The van der Waals surface area contributed by atoms with Crippen molar-refractivity contribution >= 4 is 47.2 Å². The Morgan fingerprint density at radius 1 is 0.655 bits per heavy atom. The predicted octanol–water partition coefficient (Wildman–Crippen LogP) is 7.03. The van der Waals surface area contributed by atoms with Crippen LogP contribution in [0, 0.1) is 23.7 Å². The summed E-state index contributed by atoms with van der Waals surface area (Å²) in [6.45, 7) is 4.02. The van der Waals surface area contributed by atoms with Crippen molar-refractivity contribution in [1.82, 2.24) is 40.4 Å². The van der Waals surface area contributed by atoms with E-state index in [0.29, 0.717) is 45.2 Å². The maximum Gasteiger partial charge on any atom is 0.407 e. The number of alkyl carbamates (subject to hydrolysis) is 2. The van der Waals surface area contributed by atoms with Gasteiger partial charge in [-0.15, -0.1) is 0 Å². The van der Waals surface area contributed by atoms with Crippen LogP contribution >= 0.6 is 23.2 Å². The summed E-state index contributed by atoms with van der Waals surface area (Å²) in [7, 11) is 2.59. The summed E-state index contributed by atoms with van der Waals surface area (Å²) in [5.74, 6) is 1.86. The number of ether oxygens (including phenoxy) is 2. The average Bonchev–Trinajstić information content (AvgIpc) is 3.75. The average molecular weight is 828 g/mol. The number of halogens is 2. The van der Waals surface area contributed by atoms with E-state index in [1.54, 1.807) is 0 Å². The molecule has 16 heteroatoms. The summed E-state index contributed by atoms with van der Waals surface area (Å²) >= 11 is 13.5. The quantitative estimate of drug-likeness (QED) is 0.154. The van der Waals surface area contributed by atoms with Crippen molar-refractivity contribution in [3.8, 4) is 33.6 Å². The molecule has 6 aliphatic rings. The van der Waals surface area contributed by atoms with Crippen LogP contribution < -0.4 is 10.6 Å². The number of piperidine rings is 4. The van der Waals surface area contributed by atoms with Gasteiger partial charge in [0.25, 0.3) is 0 Å². The number of carbonyl (C=O) groups excluding carboxylic acids is 4. The van der Waals surface area contributed by atoms with E-state index < -0.39 is 24.3 Å². The van der Waals surface area contributed by atoms with Gasteiger partial charge in [-0.2, -0.15) is 0 Å². The van der Waals surface area contributed by atoms with Crippen molar-refractivity contribution in [2.24, 2.45) is 23.7 Å². The summed E-state index contributed by atoms with van der Waals surface area (Å²) < 4.78 is 9.61. The Morgan fingerprint density at radius 2 is 1.02 bits per heavy atom. The van der Waals surface area contributed by atoms with Crippen molar-refractivity contribution in [3.63, 3.8) is 0 Å². The number of amides is 4. The number of nitrogens with one attached hydrogen (secondary N) is 4. The van der Waals surface area contributed by atoms with Crippen LogP contribution in [-0.2, 0) is 19.1 Å². The summed E-state index contributed by atoms with van der Waals surface area (Å²) in [5, 5.41) is 6.17. The number of methoxy groups -OCH3 is 2. The van der Waals surface area contributed by atoms with Crippen LogP contribution in [0.5, 0.6) is 0 Å². The van der Waals surface area contributed by atoms with Crippen LogP contribution in [0.1, 0.15) is 76.1 Å². The molecule has 6 heterocycles. The topological polar surface area (TPSA) is 175 Å². The third kappa shape index (κ3) is 5.57. The van der Waals surface area contributed by atoms with Gasteiger partial charge in [-0.05, 0) is 73.3 Å². The summed E-state index contributed by atoms with van der Waals surface area (Å²) in [5.41, 5.74) is 4.70. The van der Waals surface area contributed by atoms with Gasteiger partial charge in [-0.3, -0.25) is 9.59 Å². The molecule has 10 atom stereocenters. The Morgan fingerprint density at radius 3 is 1.38 bits per heavy atom. The van der Waals surface area contributed by atoms with Crippen LogP contribution in [0.4, 0.5) is 9.59 Å². The van der Waals surface area contributed by atoms with Crippen molar-refractivity contribution in [3.05, 3.63) is 70.5 Å². The largest absolute Gasteiger partial charge is 0.453 e. The first-order chi connectivity index (χ1) is 27.8. The zero-order valence-electron chi connectivity index (χ0n) is 32.5. The van der Waals surface area contributed by atoms with Gasteiger partial charge in [0.15, 0.2) is 10.3 Å². The molecule has 2 spiro atoms. The molecule has 2 unspecified atom stereocenters. The van der Waals surface area contributed by atoms with Crippen LogP contribution in [-0.4, -0.2) is 91.1 Å². The number of carbonyl (C=O) groups is 4. The van der Waals surface area contributed by atoms with E-state index in [1.807, 2.05) is 72.2 Å². The van der Waals surface area contributed by atoms with Crippen molar-refractivity contribution in [2.45, 2.75) is 87.6 Å². The first kappa shape index (κ1) is 37.2. The number of nitrogens with zero attached hydrogens (tertiary/aromatic N) is 4. The van der Waals surface area contributed by atoms with Gasteiger partial charge in [0.1, 0.15) is 23.7 Å². The molecule has 4 saturated heterocycles. The summed E-state index contributed by atoms with van der Waals surface area (Å²) in [6.07, 6.45) is 3.92. The molecule has 302 valence electrons. The number of imidazole rings is 2. The summed E-state index contributed by atoms with van der Waals surface area (Å²) in [6, 6.07) is 14.3. The summed E-state index contributed by atoms with van der Waals surface area (Å²) in [4.78, 5) is 72.1. The Hall–Kier alpha value is -5.08. The van der Waals surface area contributed by atoms with Crippen molar-refractivity contribution in [1.29, 1.82) is 0 Å². The minimum Gasteiger partial charge on any atom is -0.453 e. The molecule has 10 rings (SSSR count). The van der Waals surface area contributed by atoms with Gasteiger partial charge >= 0.3 is 12.2 Å². The number of hydrogen-bond donors (Lipinski definition) is 4. The zero-order chi connectivity index (χ0) is 40.4. The van der Waals surface area contributed by atoms with Gasteiger partial charge in [0, 0.05) is 22.2 Å². The predicted molar refractivity (Wildman–Crippen MR) is 213 cm³/mol. The van der Waals surface area contributed by atoms with Crippen molar-refractivity contribution in [2.75, 3.05) is 14.2 Å². The highest BCUT2D eigenvalue weighted by Gasteiger charge is 2.71. The number of aromatic nitrogens is 4. The van der Waals surface area contributed by atoms with Gasteiger partial charge in [0.2, 0.25) is 11.8 Å². The highest BCUT2D eigenvalue weighted by atomic mass is 35.5. The number of aromatic amines is 2. The van der Waals surface area contributed by atoms with Crippen LogP contribution in [0.25, 0.3) is 33.6 Å². The van der Waals surface area contributed by atoms with Gasteiger partial charge in [0.05, 0.1) is 37.7 Å². The normalized spacial score (nSPS) is 32.9. The van der Waals surface area contributed by atoms with Gasteiger partial charge in [-0.25, -0.2) is 19.6 Å². The van der Waals surface area contributed by atoms with E-state index in [4.69, 9.17) is 42.6 Å². The molecule has 2 aliphatic carbocycles. The van der Waals surface area contributed by atoms with Crippen LogP contribution in [0.2, 0.25) is 10.3 Å². The molecule has 4 aromatic rings. The second-order valence-electron chi connectivity index (χ2n) is 17.2. The second-order valence-corrected chi connectivity index (χ2v) is 18.0. The molecule has 2 saturated carbocycles. The minimum absolute atomic E-state index is 0.00548. The number of H-pyrrole nitrogens is 2.